The van der Waals surface area contributed by atoms with E-state index in [1.54, 1.807) is 0 Å². The second kappa shape index (κ2) is 5.73. The summed E-state index contributed by atoms with van der Waals surface area (Å²) in [5.41, 5.74) is 4.95. The first-order valence-electron chi connectivity index (χ1n) is 7.64. The molecule has 2 aromatic heterocycles. The van der Waals surface area contributed by atoms with Crippen LogP contribution in [0.5, 0.6) is 0 Å². The third-order valence-corrected chi connectivity index (χ3v) is 4.18. The summed E-state index contributed by atoms with van der Waals surface area (Å²) in [6, 6.07) is 12.6. The molecule has 0 amide bonds. The molecule has 3 heterocycles. The largest absolute Gasteiger partial charge is 0.295 e. The lowest BCUT2D eigenvalue weighted by Crippen LogP contribution is -2.28. The van der Waals surface area contributed by atoms with Gasteiger partial charge < -0.3 is 0 Å². The van der Waals surface area contributed by atoms with Crippen molar-refractivity contribution in [2.45, 2.75) is 13.0 Å². The van der Waals surface area contributed by atoms with Crippen LogP contribution >= 0.6 is 0 Å². The summed E-state index contributed by atoms with van der Waals surface area (Å²) in [5.74, 6) is 0. The van der Waals surface area contributed by atoms with E-state index in [9.17, 15) is 0 Å². The molecule has 4 rings (SSSR count). The van der Waals surface area contributed by atoms with Gasteiger partial charge in [-0.25, -0.2) is 9.50 Å². The zero-order valence-electron chi connectivity index (χ0n) is 12.4. The van der Waals surface area contributed by atoms with Crippen molar-refractivity contribution in [2.75, 3.05) is 13.1 Å². The van der Waals surface area contributed by atoms with Crippen LogP contribution < -0.4 is 0 Å². The molecule has 0 atom stereocenters. The summed E-state index contributed by atoms with van der Waals surface area (Å²) < 4.78 is 1.84. The van der Waals surface area contributed by atoms with Crippen molar-refractivity contribution < 1.29 is 0 Å². The smallest absolute Gasteiger partial charge is 0.159 e. The number of hydrogen-bond donors (Lipinski definition) is 0. The van der Waals surface area contributed by atoms with Crippen LogP contribution in [-0.2, 0) is 6.54 Å². The van der Waals surface area contributed by atoms with Crippen LogP contribution in [0.15, 0.2) is 61.1 Å². The molecule has 4 nitrogen and oxygen atoms in total. The molecule has 3 aromatic rings. The Morgan fingerprint density at radius 2 is 2.00 bits per heavy atom. The van der Waals surface area contributed by atoms with Gasteiger partial charge in [-0.05, 0) is 23.6 Å². The van der Waals surface area contributed by atoms with E-state index in [0.29, 0.717) is 0 Å². The minimum absolute atomic E-state index is 0.902. The van der Waals surface area contributed by atoms with Gasteiger partial charge in [-0.2, -0.15) is 5.10 Å². The zero-order valence-corrected chi connectivity index (χ0v) is 12.4. The van der Waals surface area contributed by atoms with Crippen LogP contribution in [0.4, 0.5) is 0 Å². The van der Waals surface area contributed by atoms with Gasteiger partial charge in [0.15, 0.2) is 5.65 Å². The van der Waals surface area contributed by atoms with E-state index in [2.05, 4.69) is 51.4 Å². The number of hydrogen-bond acceptors (Lipinski definition) is 3. The van der Waals surface area contributed by atoms with Crippen molar-refractivity contribution in [3.05, 3.63) is 72.2 Å². The van der Waals surface area contributed by atoms with Gasteiger partial charge in [0, 0.05) is 37.6 Å². The SMILES string of the molecule is C1=C(c2ccccc2)CCN(Cc2cnn3cccnc23)C1. The molecule has 0 saturated carbocycles. The number of aromatic nitrogens is 3. The lowest BCUT2D eigenvalue weighted by atomic mass is 9.99. The maximum atomic E-state index is 4.43. The summed E-state index contributed by atoms with van der Waals surface area (Å²) in [7, 11) is 0. The fraction of sp³-hybridized carbons (Fsp3) is 0.222. The van der Waals surface area contributed by atoms with Crippen molar-refractivity contribution in [3.63, 3.8) is 0 Å². The Kier molecular flexibility index (Phi) is 3.45. The number of rotatable bonds is 3. The highest BCUT2D eigenvalue weighted by Crippen LogP contribution is 2.23. The molecule has 0 spiro atoms. The molecule has 0 saturated heterocycles. The second-order valence-corrected chi connectivity index (χ2v) is 5.64. The van der Waals surface area contributed by atoms with E-state index in [1.807, 2.05) is 29.2 Å². The second-order valence-electron chi connectivity index (χ2n) is 5.64. The lowest BCUT2D eigenvalue weighted by Gasteiger charge is -2.26. The van der Waals surface area contributed by atoms with E-state index in [1.165, 1.54) is 16.7 Å². The molecule has 1 aromatic carbocycles. The van der Waals surface area contributed by atoms with Gasteiger partial charge in [-0.15, -0.1) is 0 Å². The first-order chi connectivity index (χ1) is 10.9. The van der Waals surface area contributed by atoms with Gasteiger partial charge in [0.1, 0.15) is 0 Å². The predicted octanol–water partition coefficient (Wildman–Crippen LogP) is 3.02. The summed E-state index contributed by atoms with van der Waals surface area (Å²) in [5, 5.41) is 4.36. The number of nitrogens with zero attached hydrogens (tertiary/aromatic N) is 4. The Hall–Kier alpha value is -2.46. The van der Waals surface area contributed by atoms with E-state index >= 15 is 0 Å². The number of benzene rings is 1. The van der Waals surface area contributed by atoms with Crippen LogP contribution in [0.3, 0.4) is 0 Å². The Bertz CT molecular complexity index is 804. The molecule has 0 radical (unpaired) electrons. The Morgan fingerprint density at radius 3 is 2.82 bits per heavy atom. The van der Waals surface area contributed by atoms with Crippen LogP contribution in [0.2, 0.25) is 0 Å². The quantitative estimate of drug-likeness (QED) is 0.743. The van der Waals surface area contributed by atoms with Gasteiger partial charge in [-0.1, -0.05) is 36.4 Å². The van der Waals surface area contributed by atoms with Crippen molar-refractivity contribution in [1.82, 2.24) is 19.5 Å². The summed E-state index contributed by atoms with van der Waals surface area (Å²) >= 11 is 0. The monoisotopic (exact) mass is 290 g/mol. The molecule has 0 fully saturated rings. The maximum absolute atomic E-state index is 4.43. The molecule has 0 N–H and O–H groups in total. The highest BCUT2D eigenvalue weighted by molar-refractivity contribution is 5.66. The normalized spacial score (nSPS) is 15.9. The first kappa shape index (κ1) is 13.2. The molecule has 1 aliphatic heterocycles. The number of fused-ring (bicyclic) bond motifs is 1. The topological polar surface area (TPSA) is 33.4 Å². The molecule has 4 heteroatoms. The van der Waals surface area contributed by atoms with Gasteiger partial charge in [0.2, 0.25) is 0 Å². The first-order valence-corrected chi connectivity index (χ1v) is 7.64. The van der Waals surface area contributed by atoms with E-state index < -0.39 is 0 Å². The third-order valence-electron chi connectivity index (χ3n) is 4.18. The van der Waals surface area contributed by atoms with Crippen LogP contribution in [0.25, 0.3) is 11.2 Å². The molecular formula is C18H18N4. The zero-order chi connectivity index (χ0) is 14.8. The highest BCUT2D eigenvalue weighted by Gasteiger charge is 2.15. The average Bonchev–Trinajstić information content (AvgIpc) is 3.00. The van der Waals surface area contributed by atoms with Gasteiger partial charge in [0.05, 0.1) is 6.20 Å². The summed E-state index contributed by atoms with van der Waals surface area (Å²) in [6.07, 6.45) is 9.13. The molecule has 1 aliphatic rings. The van der Waals surface area contributed by atoms with E-state index in [0.717, 1.165) is 31.7 Å². The molecular weight excluding hydrogens is 272 g/mol. The van der Waals surface area contributed by atoms with E-state index in [-0.39, 0.29) is 0 Å². The Balaban J connectivity index is 1.49. The maximum Gasteiger partial charge on any atom is 0.159 e. The van der Waals surface area contributed by atoms with Gasteiger partial charge >= 0.3 is 0 Å². The van der Waals surface area contributed by atoms with Crippen LogP contribution in [0, 0.1) is 0 Å². The van der Waals surface area contributed by atoms with Gasteiger partial charge in [0.25, 0.3) is 0 Å². The summed E-state index contributed by atoms with van der Waals surface area (Å²) in [6.45, 7) is 2.96. The van der Waals surface area contributed by atoms with Crippen molar-refractivity contribution >= 4 is 11.2 Å². The lowest BCUT2D eigenvalue weighted by molar-refractivity contribution is 0.295. The highest BCUT2D eigenvalue weighted by atomic mass is 15.2. The van der Waals surface area contributed by atoms with Crippen molar-refractivity contribution in [1.29, 1.82) is 0 Å². The molecule has 110 valence electrons. The van der Waals surface area contributed by atoms with Crippen LogP contribution in [0.1, 0.15) is 17.5 Å². The Morgan fingerprint density at radius 1 is 1.09 bits per heavy atom. The predicted molar refractivity (Wildman–Crippen MR) is 87.3 cm³/mol. The minimum atomic E-state index is 0.902. The molecule has 22 heavy (non-hydrogen) atoms. The molecule has 0 unspecified atom stereocenters. The molecule has 0 bridgehead atoms. The Labute approximate surface area is 129 Å². The third kappa shape index (κ3) is 2.53. The van der Waals surface area contributed by atoms with Crippen LogP contribution in [-0.4, -0.2) is 32.6 Å². The van der Waals surface area contributed by atoms with Crippen molar-refractivity contribution in [3.8, 4) is 0 Å². The summed E-state index contributed by atoms with van der Waals surface area (Å²) in [4.78, 5) is 6.87. The molecule has 0 aliphatic carbocycles. The van der Waals surface area contributed by atoms with Crippen molar-refractivity contribution in [2.24, 2.45) is 0 Å². The fourth-order valence-electron chi connectivity index (χ4n) is 3.00. The van der Waals surface area contributed by atoms with E-state index in [4.69, 9.17) is 0 Å². The fourth-order valence-corrected chi connectivity index (χ4v) is 3.00. The van der Waals surface area contributed by atoms with Gasteiger partial charge in [-0.3, -0.25) is 4.90 Å². The minimum Gasteiger partial charge on any atom is -0.295 e. The average molecular weight is 290 g/mol. The standard InChI is InChI=1S/C18H18N4/c1-2-5-15(6-3-1)16-7-11-21(12-8-16)14-17-13-20-22-10-4-9-19-18(17)22/h1-7,9-10,13H,8,11-12,14H2.